The van der Waals surface area contributed by atoms with E-state index in [0.29, 0.717) is 5.75 Å². The van der Waals surface area contributed by atoms with Gasteiger partial charge in [-0.2, -0.15) is 0 Å². The zero-order chi connectivity index (χ0) is 9.97. The van der Waals surface area contributed by atoms with Crippen molar-refractivity contribution in [3.8, 4) is 0 Å². The van der Waals surface area contributed by atoms with Gasteiger partial charge in [-0.15, -0.1) is 11.8 Å². The first-order chi connectivity index (χ1) is 6.75. The van der Waals surface area contributed by atoms with Crippen LogP contribution in [-0.4, -0.2) is 11.6 Å². The van der Waals surface area contributed by atoms with Crippen molar-refractivity contribution in [1.82, 2.24) is 0 Å². The SMILES string of the molecule is N=C(N)CSc1ccc2c(c1)CCC2. The highest BCUT2D eigenvalue weighted by Crippen LogP contribution is 2.27. The molecule has 14 heavy (non-hydrogen) atoms. The molecule has 0 saturated heterocycles. The summed E-state index contributed by atoms with van der Waals surface area (Å²) in [5.74, 6) is 0.842. The van der Waals surface area contributed by atoms with Gasteiger partial charge in [-0.25, -0.2) is 0 Å². The first-order valence-corrected chi connectivity index (χ1v) is 5.82. The van der Waals surface area contributed by atoms with Gasteiger partial charge >= 0.3 is 0 Å². The Morgan fingerprint density at radius 2 is 2.14 bits per heavy atom. The van der Waals surface area contributed by atoms with Crippen molar-refractivity contribution < 1.29 is 0 Å². The second-order valence-corrected chi connectivity index (χ2v) is 4.65. The van der Waals surface area contributed by atoms with Crippen LogP contribution in [0.2, 0.25) is 0 Å². The fourth-order valence-corrected chi connectivity index (χ4v) is 2.51. The predicted molar refractivity (Wildman–Crippen MR) is 61.1 cm³/mol. The third-order valence-corrected chi connectivity index (χ3v) is 3.51. The van der Waals surface area contributed by atoms with E-state index >= 15 is 0 Å². The molecule has 0 amide bonds. The summed E-state index contributed by atoms with van der Waals surface area (Å²) in [6.07, 6.45) is 3.73. The van der Waals surface area contributed by atoms with Crippen LogP contribution in [0, 0.1) is 5.41 Å². The number of nitrogens with two attached hydrogens (primary N) is 1. The van der Waals surface area contributed by atoms with E-state index in [1.165, 1.54) is 35.3 Å². The maximum Gasteiger partial charge on any atom is 0.101 e. The largest absolute Gasteiger partial charge is 0.387 e. The van der Waals surface area contributed by atoms with Gasteiger partial charge < -0.3 is 5.73 Å². The minimum atomic E-state index is 0.246. The molecule has 0 aliphatic heterocycles. The summed E-state index contributed by atoms with van der Waals surface area (Å²) in [7, 11) is 0. The number of fused-ring (bicyclic) bond motifs is 1. The first kappa shape index (κ1) is 9.59. The van der Waals surface area contributed by atoms with E-state index in [9.17, 15) is 0 Å². The van der Waals surface area contributed by atoms with E-state index in [4.69, 9.17) is 11.1 Å². The van der Waals surface area contributed by atoms with Crippen LogP contribution in [0.1, 0.15) is 17.5 Å². The number of rotatable bonds is 3. The van der Waals surface area contributed by atoms with E-state index in [1.54, 1.807) is 11.8 Å². The Balaban J connectivity index is 2.09. The highest BCUT2D eigenvalue weighted by atomic mass is 32.2. The Labute approximate surface area is 88.4 Å². The fraction of sp³-hybridized carbons (Fsp3) is 0.364. The van der Waals surface area contributed by atoms with Crippen LogP contribution in [-0.2, 0) is 12.8 Å². The second kappa shape index (κ2) is 4.05. The quantitative estimate of drug-likeness (QED) is 0.452. The molecule has 0 radical (unpaired) electrons. The van der Waals surface area contributed by atoms with E-state index < -0.39 is 0 Å². The summed E-state index contributed by atoms with van der Waals surface area (Å²) in [6.45, 7) is 0. The Kier molecular flexibility index (Phi) is 2.77. The maximum absolute atomic E-state index is 7.15. The fourth-order valence-electron chi connectivity index (χ4n) is 1.80. The molecule has 3 N–H and O–H groups in total. The number of hydrogen-bond donors (Lipinski definition) is 2. The van der Waals surface area contributed by atoms with Crippen LogP contribution in [0.15, 0.2) is 23.1 Å². The van der Waals surface area contributed by atoms with Gasteiger partial charge in [0, 0.05) is 4.90 Å². The second-order valence-electron chi connectivity index (χ2n) is 3.60. The molecule has 0 fully saturated rings. The van der Waals surface area contributed by atoms with Crippen LogP contribution < -0.4 is 5.73 Å². The molecular weight excluding hydrogens is 192 g/mol. The van der Waals surface area contributed by atoms with Gasteiger partial charge in [0.05, 0.1) is 5.75 Å². The molecule has 0 spiro atoms. The molecular formula is C11H14N2S. The number of benzene rings is 1. The monoisotopic (exact) mass is 206 g/mol. The molecule has 2 rings (SSSR count). The Bertz CT molecular complexity index is 360. The van der Waals surface area contributed by atoms with E-state index in [1.807, 2.05) is 0 Å². The van der Waals surface area contributed by atoms with Crippen molar-refractivity contribution in [3.63, 3.8) is 0 Å². The molecule has 1 aliphatic carbocycles. The average Bonchev–Trinajstić information content (AvgIpc) is 2.61. The van der Waals surface area contributed by atoms with Crippen molar-refractivity contribution >= 4 is 17.6 Å². The highest BCUT2D eigenvalue weighted by molar-refractivity contribution is 8.00. The van der Waals surface area contributed by atoms with Gasteiger partial charge in [0.15, 0.2) is 0 Å². The molecule has 0 bridgehead atoms. The molecule has 0 aromatic heterocycles. The molecule has 2 nitrogen and oxygen atoms in total. The van der Waals surface area contributed by atoms with Gasteiger partial charge in [-0.3, -0.25) is 5.41 Å². The third kappa shape index (κ3) is 2.10. The van der Waals surface area contributed by atoms with Gasteiger partial charge in [-0.05, 0) is 42.5 Å². The summed E-state index contributed by atoms with van der Waals surface area (Å²) in [5.41, 5.74) is 8.30. The zero-order valence-electron chi connectivity index (χ0n) is 8.05. The van der Waals surface area contributed by atoms with E-state index in [2.05, 4.69) is 18.2 Å². The summed E-state index contributed by atoms with van der Waals surface area (Å²) < 4.78 is 0. The molecule has 3 heteroatoms. The average molecular weight is 206 g/mol. The Morgan fingerprint density at radius 1 is 1.36 bits per heavy atom. The van der Waals surface area contributed by atoms with Crippen molar-refractivity contribution in [2.24, 2.45) is 5.73 Å². The molecule has 0 heterocycles. The van der Waals surface area contributed by atoms with Gasteiger partial charge in [-0.1, -0.05) is 6.07 Å². The molecule has 0 unspecified atom stereocenters. The van der Waals surface area contributed by atoms with E-state index in [-0.39, 0.29) is 5.84 Å². The van der Waals surface area contributed by atoms with Crippen molar-refractivity contribution in [1.29, 1.82) is 5.41 Å². The Morgan fingerprint density at radius 3 is 2.93 bits per heavy atom. The minimum Gasteiger partial charge on any atom is -0.387 e. The Hall–Kier alpha value is -0.960. The zero-order valence-corrected chi connectivity index (χ0v) is 8.86. The number of amidine groups is 1. The molecule has 1 aromatic rings. The lowest BCUT2D eigenvalue weighted by Gasteiger charge is -2.03. The lowest BCUT2D eigenvalue weighted by molar-refractivity contribution is 0.911. The number of aryl methyl sites for hydroxylation is 2. The first-order valence-electron chi connectivity index (χ1n) is 4.83. The van der Waals surface area contributed by atoms with Crippen LogP contribution in [0.4, 0.5) is 0 Å². The standard InChI is InChI=1S/C11H14N2S/c12-11(13)7-14-10-5-4-8-2-1-3-9(8)6-10/h4-6H,1-3,7H2,(H3,12,13). The van der Waals surface area contributed by atoms with Crippen molar-refractivity contribution in [2.75, 3.05) is 5.75 Å². The van der Waals surface area contributed by atoms with Crippen LogP contribution >= 0.6 is 11.8 Å². The molecule has 0 atom stereocenters. The predicted octanol–water partition coefficient (Wildman–Crippen LogP) is 2.20. The van der Waals surface area contributed by atoms with Gasteiger partial charge in [0.2, 0.25) is 0 Å². The van der Waals surface area contributed by atoms with Gasteiger partial charge in [0.1, 0.15) is 5.84 Å². The lowest BCUT2D eigenvalue weighted by atomic mass is 10.1. The van der Waals surface area contributed by atoms with Crippen LogP contribution in [0.25, 0.3) is 0 Å². The smallest absolute Gasteiger partial charge is 0.101 e. The minimum absolute atomic E-state index is 0.246. The summed E-state index contributed by atoms with van der Waals surface area (Å²) in [5, 5.41) is 7.15. The van der Waals surface area contributed by atoms with Crippen molar-refractivity contribution in [3.05, 3.63) is 29.3 Å². The number of thioether (sulfide) groups is 1. The van der Waals surface area contributed by atoms with Crippen molar-refractivity contribution in [2.45, 2.75) is 24.2 Å². The topological polar surface area (TPSA) is 49.9 Å². The summed E-state index contributed by atoms with van der Waals surface area (Å²) in [4.78, 5) is 1.24. The normalized spacial score (nSPS) is 14.0. The number of nitrogens with one attached hydrogen (secondary N) is 1. The van der Waals surface area contributed by atoms with Gasteiger partial charge in [0.25, 0.3) is 0 Å². The number of hydrogen-bond acceptors (Lipinski definition) is 2. The summed E-state index contributed by atoms with van der Waals surface area (Å²) in [6, 6.07) is 6.60. The lowest BCUT2D eigenvalue weighted by Crippen LogP contribution is -2.11. The summed E-state index contributed by atoms with van der Waals surface area (Å²) >= 11 is 1.64. The van der Waals surface area contributed by atoms with Crippen LogP contribution in [0.5, 0.6) is 0 Å². The molecule has 1 aliphatic rings. The van der Waals surface area contributed by atoms with Crippen LogP contribution in [0.3, 0.4) is 0 Å². The van der Waals surface area contributed by atoms with E-state index in [0.717, 1.165) is 0 Å². The third-order valence-electron chi connectivity index (χ3n) is 2.46. The maximum atomic E-state index is 7.15. The molecule has 0 saturated carbocycles. The highest BCUT2D eigenvalue weighted by Gasteiger charge is 2.10. The molecule has 74 valence electrons. The molecule has 1 aromatic carbocycles.